The van der Waals surface area contributed by atoms with E-state index in [9.17, 15) is 4.79 Å². The van der Waals surface area contributed by atoms with Gasteiger partial charge in [-0.2, -0.15) is 5.10 Å². The van der Waals surface area contributed by atoms with Crippen molar-refractivity contribution in [2.45, 2.75) is 19.4 Å². The van der Waals surface area contributed by atoms with Crippen LogP contribution in [-0.4, -0.2) is 22.7 Å². The molecular formula is C14H18N4O. The molecule has 0 spiro atoms. The van der Waals surface area contributed by atoms with E-state index in [0.717, 1.165) is 17.7 Å². The van der Waals surface area contributed by atoms with Gasteiger partial charge in [0, 0.05) is 12.2 Å². The normalized spacial score (nSPS) is 12.3. The Kier molecular flexibility index (Phi) is 3.97. The van der Waals surface area contributed by atoms with Crippen molar-refractivity contribution in [3.63, 3.8) is 0 Å². The van der Waals surface area contributed by atoms with Crippen LogP contribution in [0.4, 0.5) is 0 Å². The molecule has 2 rings (SSSR count). The van der Waals surface area contributed by atoms with Crippen LogP contribution in [-0.2, 0) is 0 Å². The zero-order chi connectivity index (χ0) is 13.8. The minimum absolute atomic E-state index is 0.248. The molecule has 1 amide bonds. The van der Waals surface area contributed by atoms with E-state index in [-0.39, 0.29) is 6.04 Å². The first-order valence-electron chi connectivity index (χ1n) is 6.28. The fourth-order valence-corrected chi connectivity index (χ4v) is 2.15. The number of carbonyl (C=O) groups is 1. The predicted octanol–water partition coefficient (Wildman–Crippen LogP) is 1.64. The van der Waals surface area contributed by atoms with E-state index in [1.807, 2.05) is 25.2 Å². The second-order valence-corrected chi connectivity index (χ2v) is 4.35. The number of amides is 1. The lowest BCUT2D eigenvalue weighted by Gasteiger charge is -2.18. The lowest BCUT2D eigenvalue weighted by molar-refractivity contribution is 0.100. The third-order valence-corrected chi connectivity index (χ3v) is 3.18. The highest BCUT2D eigenvalue weighted by atomic mass is 16.1. The fraction of sp³-hybridized carbons (Fsp3) is 0.286. The van der Waals surface area contributed by atoms with Crippen molar-refractivity contribution in [2.24, 2.45) is 5.73 Å². The number of para-hydroxylation sites is 1. The van der Waals surface area contributed by atoms with Gasteiger partial charge in [-0.05, 0) is 25.1 Å². The van der Waals surface area contributed by atoms with Gasteiger partial charge in [0.2, 0.25) is 0 Å². The molecule has 5 heteroatoms. The zero-order valence-electron chi connectivity index (χ0n) is 11.1. The summed E-state index contributed by atoms with van der Waals surface area (Å²) >= 11 is 0. The molecule has 0 saturated heterocycles. The van der Waals surface area contributed by atoms with Crippen LogP contribution in [0.5, 0.6) is 0 Å². The SMILES string of the molecule is CCC(NC)c1ccccc1-n1cc(C(N)=O)cn1. The number of rotatable bonds is 5. The maximum Gasteiger partial charge on any atom is 0.251 e. The standard InChI is InChI=1S/C14H18N4O/c1-3-12(16-2)11-6-4-5-7-13(11)18-9-10(8-17-18)14(15)19/h4-9,12,16H,3H2,1-2H3,(H2,15,19). The topological polar surface area (TPSA) is 72.9 Å². The van der Waals surface area contributed by atoms with E-state index in [0.29, 0.717) is 5.56 Å². The van der Waals surface area contributed by atoms with Crippen LogP contribution in [0.2, 0.25) is 0 Å². The summed E-state index contributed by atoms with van der Waals surface area (Å²) in [4.78, 5) is 11.1. The summed E-state index contributed by atoms with van der Waals surface area (Å²) in [5.74, 6) is -0.468. The highest BCUT2D eigenvalue weighted by molar-refractivity contribution is 5.92. The number of nitrogens with two attached hydrogens (primary N) is 1. The number of nitrogens with one attached hydrogen (secondary N) is 1. The summed E-state index contributed by atoms with van der Waals surface area (Å²) < 4.78 is 1.69. The Hall–Kier alpha value is -2.14. The quantitative estimate of drug-likeness (QED) is 0.856. The average molecular weight is 258 g/mol. The smallest absolute Gasteiger partial charge is 0.251 e. The number of benzene rings is 1. The van der Waals surface area contributed by atoms with E-state index in [2.05, 4.69) is 23.4 Å². The van der Waals surface area contributed by atoms with Crippen molar-refractivity contribution in [3.8, 4) is 5.69 Å². The molecule has 1 aromatic heterocycles. The Bertz CT molecular complexity index is 572. The first-order chi connectivity index (χ1) is 9.17. The van der Waals surface area contributed by atoms with Crippen LogP contribution in [0.25, 0.3) is 5.69 Å². The van der Waals surface area contributed by atoms with Crippen LogP contribution in [0.3, 0.4) is 0 Å². The van der Waals surface area contributed by atoms with Gasteiger partial charge < -0.3 is 11.1 Å². The number of nitrogens with zero attached hydrogens (tertiary/aromatic N) is 2. The number of aromatic nitrogens is 2. The van der Waals surface area contributed by atoms with Crippen molar-refractivity contribution in [2.75, 3.05) is 7.05 Å². The molecule has 3 N–H and O–H groups in total. The minimum atomic E-state index is -0.468. The van der Waals surface area contributed by atoms with Gasteiger partial charge in [0.05, 0.1) is 17.4 Å². The zero-order valence-corrected chi connectivity index (χ0v) is 11.1. The maximum atomic E-state index is 11.1. The molecule has 1 atom stereocenters. The van der Waals surface area contributed by atoms with Crippen LogP contribution in [0.1, 0.15) is 35.3 Å². The highest BCUT2D eigenvalue weighted by Gasteiger charge is 2.14. The predicted molar refractivity (Wildman–Crippen MR) is 74.2 cm³/mol. The maximum absolute atomic E-state index is 11.1. The number of carbonyl (C=O) groups excluding carboxylic acids is 1. The van der Waals surface area contributed by atoms with Crippen LogP contribution in [0, 0.1) is 0 Å². The van der Waals surface area contributed by atoms with Gasteiger partial charge in [-0.1, -0.05) is 25.1 Å². The molecule has 0 fully saturated rings. The summed E-state index contributed by atoms with van der Waals surface area (Å²) in [5, 5.41) is 7.48. The van der Waals surface area contributed by atoms with Crippen LogP contribution < -0.4 is 11.1 Å². The molecule has 0 aliphatic rings. The van der Waals surface area contributed by atoms with Gasteiger partial charge in [0.1, 0.15) is 0 Å². The Morgan fingerprint density at radius 3 is 2.79 bits per heavy atom. The van der Waals surface area contributed by atoms with Crippen LogP contribution in [0.15, 0.2) is 36.7 Å². The Balaban J connectivity index is 2.46. The Morgan fingerprint density at radius 2 is 2.21 bits per heavy atom. The first-order valence-corrected chi connectivity index (χ1v) is 6.28. The molecule has 1 aromatic carbocycles. The number of primary amides is 1. The molecule has 0 saturated carbocycles. The number of hydrogen-bond acceptors (Lipinski definition) is 3. The van der Waals surface area contributed by atoms with E-state index in [4.69, 9.17) is 5.73 Å². The summed E-state index contributed by atoms with van der Waals surface area (Å²) in [6.45, 7) is 2.12. The first kappa shape index (κ1) is 13.3. The van der Waals surface area contributed by atoms with Gasteiger partial charge in [-0.25, -0.2) is 4.68 Å². The third kappa shape index (κ3) is 2.66. The molecule has 1 unspecified atom stereocenters. The van der Waals surface area contributed by atoms with Gasteiger partial charge in [0.25, 0.3) is 5.91 Å². The number of hydrogen-bond donors (Lipinski definition) is 2. The van der Waals surface area contributed by atoms with Crippen molar-refractivity contribution in [1.82, 2.24) is 15.1 Å². The monoisotopic (exact) mass is 258 g/mol. The second kappa shape index (κ2) is 5.67. The van der Waals surface area contributed by atoms with Crippen molar-refractivity contribution < 1.29 is 4.79 Å². The van der Waals surface area contributed by atoms with Crippen molar-refractivity contribution >= 4 is 5.91 Å². The largest absolute Gasteiger partial charge is 0.366 e. The summed E-state index contributed by atoms with van der Waals surface area (Å²) in [6, 6.07) is 8.24. The van der Waals surface area contributed by atoms with Crippen molar-refractivity contribution in [1.29, 1.82) is 0 Å². The molecule has 100 valence electrons. The lowest BCUT2D eigenvalue weighted by atomic mass is 10.0. The summed E-state index contributed by atoms with van der Waals surface area (Å²) in [5.41, 5.74) is 7.76. The van der Waals surface area contributed by atoms with Crippen LogP contribution >= 0.6 is 0 Å². The summed E-state index contributed by atoms with van der Waals surface area (Å²) in [7, 11) is 1.93. The van der Waals surface area contributed by atoms with E-state index < -0.39 is 5.91 Å². The molecule has 5 nitrogen and oxygen atoms in total. The molecule has 0 radical (unpaired) electrons. The Labute approximate surface area is 112 Å². The molecular weight excluding hydrogens is 240 g/mol. The molecule has 1 heterocycles. The minimum Gasteiger partial charge on any atom is -0.366 e. The van der Waals surface area contributed by atoms with E-state index >= 15 is 0 Å². The summed E-state index contributed by atoms with van der Waals surface area (Å²) in [6.07, 6.45) is 4.11. The van der Waals surface area contributed by atoms with E-state index in [1.165, 1.54) is 6.20 Å². The van der Waals surface area contributed by atoms with Gasteiger partial charge in [-0.15, -0.1) is 0 Å². The molecule has 0 bridgehead atoms. The van der Waals surface area contributed by atoms with Gasteiger partial charge >= 0.3 is 0 Å². The molecule has 2 aromatic rings. The highest BCUT2D eigenvalue weighted by Crippen LogP contribution is 2.23. The fourth-order valence-electron chi connectivity index (χ4n) is 2.15. The molecule has 0 aliphatic carbocycles. The van der Waals surface area contributed by atoms with Crippen molar-refractivity contribution in [3.05, 3.63) is 47.8 Å². The average Bonchev–Trinajstić information content (AvgIpc) is 2.90. The second-order valence-electron chi connectivity index (χ2n) is 4.35. The van der Waals surface area contributed by atoms with E-state index in [1.54, 1.807) is 10.9 Å². The molecule has 0 aliphatic heterocycles. The molecule has 19 heavy (non-hydrogen) atoms. The Morgan fingerprint density at radius 1 is 1.47 bits per heavy atom. The third-order valence-electron chi connectivity index (χ3n) is 3.18. The van der Waals surface area contributed by atoms with Gasteiger partial charge in [-0.3, -0.25) is 4.79 Å². The van der Waals surface area contributed by atoms with Gasteiger partial charge in [0.15, 0.2) is 0 Å². The lowest BCUT2D eigenvalue weighted by Crippen LogP contribution is -2.17.